The van der Waals surface area contributed by atoms with Crippen molar-refractivity contribution < 1.29 is 8.91 Å². The summed E-state index contributed by atoms with van der Waals surface area (Å²) in [4.78, 5) is 4.12. The van der Waals surface area contributed by atoms with Crippen LogP contribution < -0.4 is 10.6 Å². The number of guanidine groups is 1. The van der Waals surface area contributed by atoms with Crippen LogP contribution in [0.1, 0.15) is 36.8 Å². The van der Waals surface area contributed by atoms with E-state index in [2.05, 4.69) is 34.6 Å². The minimum absolute atomic E-state index is 0.245. The Labute approximate surface area is 129 Å². The first kappa shape index (κ1) is 16.0. The molecule has 118 valence electrons. The Hall–Kier alpha value is -2.37. The van der Waals surface area contributed by atoms with Crippen molar-refractivity contribution in [3.63, 3.8) is 0 Å². The average Bonchev–Trinajstić information content (AvgIpc) is 2.97. The number of hydrogen-bond acceptors (Lipinski definition) is 3. The maximum Gasteiger partial charge on any atom is 0.191 e. The smallest absolute Gasteiger partial charge is 0.191 e. The summed E-state index contributed by atoms with van der Waals surface area (Å²) in [6.45, 7) is 5.11. The molecule has 0 fully saturated rings. The van der Waals surface area contributed by atoms with Crippen molar-refractivity contribution in [1.29, 1.82) is 0 Å². The first-order chi connectivity index (χ1) is 10.6. The number of nitrogens with zero attached hydrogens (tertiary/aromatic N) is 2. The molecule has 22 heavy (non-hydrogen) atoms. The molecule has 0 spiro atoms. The zero-order valence-electron chi connectivity index (χ0n) is 13.1. The van der Waals surface area contributed by atoms with E-state index < -0.39 is 0 Å². The highest BCUT2D eigenvalue weighted by Gasteiger charge is 2.08. The van der Waals surface area contributed by atoms with Gasteiger partial charge in [-0.3, -0.25) is 4.99 Å². The van der Waals surface area contributed by atoms with Gasteiger partial charge in [-0.05, 0) is 23.6 Å². The van der Waals surface area contributed by atoms with Crippen LogP contribution in [-0.4, -0.2) is 18.2 Å². The van der Waals surface area contributed by atoms with E-state index in [0.717, 1.165) is 17.0 Å². The van der Waals surface area contributed by atoms with Gasteiger partial charge in [-0.25, -0.2) is 4.39 Å². The van der Waals surface area contributed by atoms with Crippen LogP contribution in [-0.2, 0) is 13.1 Å². The minimum atomic E-state index is -0.245. The Bertz CT molecular complexity index is 637. The highest BCUT2D eigenvalue weighted by atomic mass is 19.1. The minimum Gasteiger partial charge on any atom is -0.359 e. The normalized spacial score (nSPS) is 11.8. The first-order valence-corrected chi connectivity index (χ1v) is 7.23. The van der Waals surface area contributed by atoms with E-state index in [4.69, 9.17) is 4.52 Å². The number of nitrogens with one attached hydrogen (secondary N) is 2. The second-order valence-corrected chi connectivity index (χ2v) is 5.28. The molecule has 2 N–H and O–H groups in total. The Morgan fingerprint density at radius 3 is 2.68 bits per heavy atom. The predicted molar refractivity (Wildman–Crippen MR) is 84.0 cm³/mol. The molecule has 0 aliphatic heterocycles. The molecule has 0 saturated heterocycles. The van der Waals surface area contributed by atoms with Crippen LogP contribution in [0.2, 0.25) is 0 Å². The quantitative estimate of drug-likeness (QED) is 0.658. The van der Waals surface area contributed by atoms with Gasteiger partial charge < -0.3 is 15.2 Å². The number of hydrogen-bond donors (Lipinski definition) is 2. The third kappa shape index (κ3) is 4.58. The molecule has 1 heterocycles. The lowest BCUT2D eigenvalue weighted by Crippen LogP contribution is -2.36. The molecule has 0 amide bonds. The summed E-state index contributed by atoms with van der Waals surface area (Å²) in [5.74, 6) is 1.46. The summed E-state index contributed by atoms with van der Waals surface area (Å²) in [6, 6.07) is 8.38. The Kier molecular flexibility index (Phi) is 5.52. The van der Waals surface area contributed by atoms with Crippen molar-refractivity contribution in [3.8, 4) is 0 Å². The summed E-state index contributed by atoms with van der Waals surface area (Å²) in [5, 5.41) is 10.3. The van der Waals surface area contributed by atoms with Gasteiger partial charge in [-0.1, -0.05) is 31.1 Å². The van der Waals surface area contributed by atoms with Crippen LogP contribution in [0.4, 0.5) is 4.39 Å². The lowest BCUT2D eigenvalue weighted by Gasteiger charge is -2.10. The van der Waals surface area contributed by atoms with Gasteiger partial charge in [0, 0.05) is 19.7 Å². The lowest BCUT2D eigenvalue weighted by atomic mass is 10.1. The maximum atomic E-state index is 13.1. The number of halogens is 1. The van der Waals surface area contributed by atoms with E-state index in [1.54, 1.807) is 13.1 Å². The molecule has 2 aromatic rings. The SMILES string of the molecule is CN=C(NCc1cccc(F)c1)NCc1cc(C(C)C)no1. The standard InChI is InChI=1S/C16H21FN4O/c1-11(2)15-8-14(22-21-15)10-20-16(18-3)19-9-12-5-4-6-13(17)7-12/h4-8,11H,9-10H2,1-3H3,(H2,18,19,20). The average molecular weight is 304 g/mol. The van der Waals surface area contributed by atoms with E-state index >= 15 is 0 Å². The van der Waals surface area contributed by atoms with Crippen molar-refractivity contribution in [3.05, 3.63) is 53.2 Å². The number of rotatable bonds is 5. The maximum absolute atomic E-state index is 13.1. The van der Waals surface area contributed by atoms with Crippen LogP contribution in [0.5, 0.6) is 0 Å². The second kappa shape index (κ2) is 7.59. The summed E-state index contributed by atoms with van der Waals surface area (Å²) in [5.41, 5.74) is 1.78. The van der Waals surface area contributed by atoms with Crippen molar-refractivity contribution in [1.82, 2.24) is 15.8 Å². The molecule has 0 aliphatic rings. The number of aliphatic imine (C=N–C) groups is 1. The van der Waals surface area contributed by atoms with Gasteiger partial charge >= 0.3 is 0 Å². The third-order valence-corrected chi connectivity index (χ3v) is 3.17. The zero-order valence-corrected chi connectivity index (χ0v) is 13.1. The van der Waals surface area contributed by atoms with E-state index in [0.29, 0.717) is 25.0 Å². The molecular weight excluding hydrogens is 283 g/mol. The predicted octanol–water partition coefficient (Wildman–Crippen LogP) is 2.80. The summed E-state index contributed by atoms with van der Waals surface area (Å²) >= 11 is 0. The van der Waals surface area contributed by atoms with E-state index in [1.807, 2.05) is 12.1 Å². The van der Waals surface area contributed by atoms with Gasteiger partial charge in [0.1, 0.15) is 5.82 Å². The number of benzene rings is 1. The Balaban J connectivity index is 1.84. The molecule has 0 aliphatic carbocycles. The summed E-state index contributed by atoms with van der Waals surface area (Å²) in [7, 11) is 1.68. The van der Waals surface area contributed by atoms with Crippen molar-refractivity contribution in [2.75, 3.05) is 7.05 Å². The molecule has 1 aromatic carbocycles. The van der Waals surface area contributed by atoms with E-state index in [-0.39, 0.29) is 5.82 Å². The fourth-order valence-electron chi connectivity index (χ4n) is 1.91. The van der Waals surface area contributed by atoms with E-state index in [9.17, 15) is 4.39 Å². The highest BCUT2D eigenvalue weighted by molar-refractivity contribution is 5.79. The van der Waals surface area contributed by atoms with Gasteiger partial charge in [-0.2, -0.15) is 0 Å². The van der Waals surface area contributed by atoms with Crippen LogP contribution in [0.25, 0.3) is 0 Å². The van der Waals surface area contributed by atoms with Gasteiger partial charge in [0.05, 0.1) is 12.2 Å². The molecule has 1 aromatic heterocycles. The van der Waals surface area contributed by atoms with Gasteiger partial charge in [0.25, 0.3) is 0 Å². The number of aromatic nitrogens is 1. The van der Waals surface area contributed by atoms with Gasteiger partial charge in [0.2, 0.25) is 0 Å². The molecule has 0 radical (unpaired) electrons. The van der Waals surface area contributed by atoms with Crippen LogP contribution >= 0.6 is 0 Å². The van der Waals surface area contributed by atoms with Gasteiger partial charge in [-0.15, -0.1) is 0 Å². The molecular formula is C16H21FN4O. The molecule has 0 saturated carbocycles. The molecule has 0 atom stereocenters. The Morgan fingerprint density at radius 2 is 2.05 bits per heavy atom. The molecule has 0 unspecified atom stereocenters. The van der Waals surface area contributed by atoms with Gasteiger partial charge in [0.15, 0.2) is 11.7 Å². The topological polar surface area (TPSA) is 62.5 Å². The molecule has 5 nitrogen and oxygen atoms in total. The second-order valence-electron chi connectivity index (χ2n) is 5.28. The fourth-order valence-corrected chi connectivity index (χ4v) is 1.91. The van der Waals surface area contributed by atoms with Crippen LogP contribution in [0.3, 0.4) is 0 Å². The summed E-state index contributed by atoms with van der Waals surface area (Å²) < 4.78 is 18.4. The van der Waals surface area contributed by atoms with E-state index in [1.165, 1.54) is 12.1 Å². The van der Waals surface area contributed by atoms with Crippen LogP contribution in [0, 0.1) is 5.82 Å². The molecule has 0 bridgehead atoms. The monoisotopic (exact) mass is 304 g/mol. The van der Waals surface area contributed by atoms with Crippen molar-refractivity contribution in [2.24, 2.45) is 4.99 Å². The zero-order chi connectivity index (χ0) is 15.9. The first-order valence-electron chi connectivity index (χ1n) is 7.23. The largest absolute Gasteiger partial charge is 0.359 e. The Morgan fingerprint density at radius 1 is 1.27 bits per heavy atom. The lowest BCUT2D eigenvalue weighted by molar-refractivity contribution is 0.372. The molecule has 2 rings (SSSR count). The van der Waals surface area contributed by atoms with Crippen molar-refractivity contribution >= 4 is 5.96 Å². The third-order valence-electron chi connectivity index (χ3n) is 3.17. The summed E-state index contributed by atoms with van der Waals surface area (Å²) in [6.07, 6.45) is 0. The van der Waals surface area contributed by atoms with Crippen molar-refractivity contribution in [2.45, 2.75) is 32.9 Å². The highest BCUT2D eigenvalue weighted by Crippen LogP contribution is 2.13. The molecule has 6 heteroatoms. The van der Waals surface area contributed by atoms with Crippen LogP contribution in [0.15, 0.2) is 39.8 Å². The fraction of sp³-hybridized carbons (Fsp3) is 0.375.